The van der Waals surface area contributed by atoms with Crippen molar-refractivity contribution in [1.82, 2.24) is 15.1 Å². The summed E-state index contributed by atoms with van der Waals surface area (Å²) in [5, 5.41) is 10.2. The van der Waals surface area contributed by atoms with Crippen LogP contribution in [0.4, 0.5) is 19.0 Å². The molecule has 1 fully saturated rings. The van der Waals surface area contributed by atoms with Crippen LogP contribution in [0.2, 0.25) is 5.02 Å². The van der Waals surface area contributed by atoms with Gasteiger partial charge in [0.05, 0.1) is 23.9 Å². The highest BCUT2D eigenvalue weighted by Crippen LogP contribution is 2.31. The predicted octanol–water partition coefficient (Wildman–Crippen LogP) is 4.73. The van der Waals surface area contributed by atoms with Gasteiger partial charge in [0.1, 0.15) is 0 Å². The zero-order chi connectivity index (χ0) is 25.2. The lowest BCUT2D eigenvalue weighted by atomic mass is 10.1. The maximum absolute atomic E-state index is 12.8. The van der Waals surface area contributed by atoms with E-state index in [9.17, 15) is 22.8 Å². The standard InChI is InChI=1S/C24H22ClF3N4O3/c1-14(24(26,27)28)35-13-15-7-16(9-18(25)8-15)20-11-21(30-23(34)17-10-22(33)29-12-17)31-32(20)19-5-3-2-4-6-19/h2-9,11,14,17H,10,12-13H2,1H3,(H,29,33)(H,30,31,34)/t14-,17?/m1/s1. The SMILES string of the molecule is C[C@@H](OCc1cc(Cl)cc(-c2cc(NC(=O)C3CNC(=O)C3)nn2-c2ccccc2)c1)C(F)(F)F. The molecule has 2 heterocycles. The molecule has 11 heteroatoms. The van der Waals surface area contributed by atoms with Gasteiger partial charge in [-0.05, 0) is 42.8 Å². The highest BCUT2D eigenvalue weighted by atomic mass is 35.5. The van der Waals surface area contributed by atoms with E-state index in [4.69, 9.17) is 16.3 Å². The molecule has 4 rings (SSSR count). The molecule has 1 aliphatic heterocycles. The van der Waals surface area contributed by atoms with Gasteiger partial charge in [-0.15, -0.1) is 5.10 Å². The number of amides is 2. The van der Waals surface area contributed by atoms with Crippen LogP contribution in [-0.4, -0.2) is 40.4 Å². The first kappa shape index (κ1) is 24.7. The van der Waals surface area contributed by atoms with Gasteiger partial charge in [-0.2, -0.15) is 13.2 Å². The van der Waals surface area contributed by atoms with Gasteiger partial charge in [-0.25, -0.2) is 4.68 Å². The first-order valence-electron chi connectivity index (χ1n) is 10.8. The molecule has 2 amide bonds. The highest BCUT2D eigenvalue weighted by molar-refractivity contribution is 6.31. The average molecular weight is 507 g/mol. The summed E-state index contributed by atoms with van der Waals surface area (Å²) in [5.74, 6) is -0.766. The van der Waals surface area contributed by atoms with E-state index < -0.39 is 18.2 Å². The van der Waals surface area contributed by atoms with Crippen molar-refractivity contribution < 1.29 is 27.5 Å². The predicted molar refractivity (Wildman–Crippen MR) is 124 cm³/mol. The molecule has 0 aliphatic carbocycles. The number of anilines is 1. The number of ether oxygens (including phenoxy) is 1. The van der Waals surface area contributed by atoms with Crippen LogP contribution in [0.5, 0.6) is 0 Å². The van der Waals surface area contributed by atoms with Gasteiger partial charge in [-0.3, -0.25) is 9.59 Å². The first-order valence-corrected chi connectivity index (χ1v) is 11.2. The van der Waals surface area contributed by atoms with Crippen molar-refractivity contribution in [3.63, 3.8) is 0 Å². The summed E-state index contributed by atoms with van der Waals surface area (Å²) in [6.07, 6.45) is -6.30. The van der Waals surface area contributed by atoms with Gasteiger partial charge in [0, 0.05) is 29.6 Å². The number of hydrogen-bond acceptors (Lipinski definition) is 4. The number of halogens is 4. The Morgan fingerprint density at radius 3 is 2.66 bits per heavy atom. The molecule has 2 atom stereocenters. The van der Waals surface area contributed by atoms with E-state index in [1.54, 1.807) is 22.9 Å². The number of benzene rings is 2. The van der Waals surface area contributed by atoms with Crippen molar-refractivity contribution in [3.8, 4) is 16.9 Å². The van der Waals surface area contributed by atoms with Crippen molar-refractivity contribution in [2.75, 3.05) is 11.9 Å². The Labute approximate surface area is 204 Å². The third-order valence-electron chi connectivity index (χ3n) is 5.52. The van der Waals surface area contributed by atoms with E-state index in [-0.39, 0.29) is 37.2 Å². The van der Waals surface area contributed by atoms with Gasteiger partial charge in [-0.1, -0.05) is 29.8 Å². The molecule has 1 aliphatic rings. The molecule has 1 saturated heterocycles. The molecule has 2 aromatic carbocycles. The van der Waals surface area contributed by atoms with Crippen LogP contribution in [0.25, 0.3) is 16.9 Å². The topological polar surface area (TPSA) is 85.2 Å². The molecule has 0 bridgehead atoms. The third kappa shape index (κ3) is 6.01. The normalized spacial score (nSPS) is 16.7. The van der Waals surface area contributed by atoms with Crippen LogP contribution >= 0.6 is 11.6 Å². The van der Waals surface area contributed by atoms with Gasteiger partial charge >= 0.3 is 6.18 Å². The molecule has 0 saturated carbocycles. The fourth-order valence-corrected chi connectivity index (χ4v) is 3.89. The maximum atomic E-state index is 12.8. The molecule has 7 nitrogen and oxygen atoms in total. The number of hydrogen-bond donors (Lipinski definition) is 2. The molecule has 1 unspecified atom stereocenters. The van der Waals surface area contributed by atoms with Crippen LogP contribution in [0.1, 0.15) is 18.9 Å². The highest BCUT2D eigenvalue weighted by Gasteiger charge is 2.37. The molecular formula is C24H22ClF3N4O3. The second-order valence-electron chi connectivity index (χ2n) is 8.20. The van der Waals surface area contributed by atoms with Crippen molar-refractivity contribution >= 4 is 29.2 Å². The monoisotopic (exact) mass is 506 g/mol. The summed E-state index contributed by atoms with van der Waals surface area (Å²) >= 11 is 6.28. The summed E-state index contributed by atoms with van der Waals surface area (Å²) in [7, 11) is 0. The zero-order valence-electron chi connectivity index (χ0n) is 18.6. The summed E-state index contributed by atoms with van der Waals surface area (Å²) in [4.78, 5) is 24.1. The second kappa shape index (κ2) is 10.1. The molecule has 35 heavy (non-hydrogen) atoms. The largest absolute Gasteiger partial charge is 0.414 e. The summed E-state index contributed by atoms with van der Waals surface area (Å²) in [5.41, 5.74) is 2.28. The Hall–Kier alpha value is -3.37. The van der Waals surface area contributed by atoms with Crippen molar-refractivity contribution in [1.29, 1.82) is 0 Å². The molecule has 184 valence electrons. The van der Waals surface area contributed by atoms with E-state index in [0.29, 0.717) is 27.5 Å². The Morgan fingerprint density at radius 1 is 1.26 bits per heavy atom. The molecular weight excluding hydrogens is 485 g/mol. The Bertz CT molecular complexity index is 1230. The van der Waals surface area contributed by atoms with E-state index in [1.807, 2.05) is 30.3 Å². The fraction of sp³-hybridized carbons (Fsp3) is 0.292. The van der Waals surface area contributed by atoms with Gasteiger partial charge in [0.15, 0.2) is 11.9 Å². The van der Waals surface area contributed by atoms with Crippen molar-refractivity contribution in [2.45, 2.75) is 32.2 Å². The van der Waals surface area contributed by atoms with Crippen LogP contribution in [0.15, 0.2) is 54.6 Å². The number of rotatable bonds is 7. The lowest BCUT2D eigenvalue weighted by Gasteiger charge is -2.17. The average Bonchev–Trinajstić information content (AvgIpc) is 3.43. The Morgan fingerprint density at radius 2 is 2.00 bits per heavy atom. The molecule has 3 aromatic rings. The maximum Gasteiger partial charge on any atom is 0.414 e. The fourth-order valence-electron chi connectivity index (χ4n) is 3.63. The number of nitrogens with one attached hydrogen (secondary N) is 2. The Balaban J connectivity index is 1.65. The molecule has 2 N–H and O–H groups in total. The number of aromatic nitrogens is 2. The van der Waals surface area contributed by atoms with E-state index >= 15 is 0 Å². The number of para-hydroxylation sites is 1. The lowest BCUT2D eigenvalue weighted by Crippen LogP contribution is -2.28. The zero-order valence-corrected chi connectivity index (χ0v) is 19.4. The second-order valence-corrected chi connectivity index (χ2v) is 8.64. The van der Waals surface area contributed by atoms with Gasteiger partial charge < -0.3 is 15.4 Å². The minimum absolute atomic E-state index is 0.103. The first-order chi connectivity index (χ1) is 16.6. The summed E-state index contributed by atoms with van der Waals surface area (Å²) < 4.78 is 45.1. The quantitative estimate of drug-likeness (QED) is 0.485. The van der Waals surface area contributed by atoms with Crippen molar-refractivity contribution in [3.05, 3.63) is 65.2 Å². The summed E-state index contributed by atoms with van der Waals surface area (Å²) in [6, 6.07) is 15.6. The minimum Gasteiger partial charge on any atom is -0.364 e. The van der Waals surface area contributed by atoms with E-state index in [2.05, 4.69) is 15.7 Å². The smallest absolute Gasteiger partial charge is 0.364 e. The van der Waals surface area contributed by atoms with Gasteiger partial charge in [0.2, 0.25) is 11.8 Å². The number of nitrogens with zero attached hydrogens (tertiary/aromatic N) is 2. The minimum atomic E-state index is -4.47. The number of carbonyl (C=O) groups is 2. The Kier molecular flexibility index (Phi) is 7.13. The van der Waals surface area contributed by atoms with Crippen LogP contribution in [-0.2, 0) is 20.9 Å². The number of alkyl halides is 3. The summed E-state index contributed by atoms with van der Waals surface area (Å²) in [6.45, 7) is 0.906. The van der Waals surface area contributed by atoms with Crippen LogP contribution in [0.3, 0.4) is 0 Å². The molecule has 0 radical (unpaired) electrons. The van der Waals surface area contributed by atoms with Crippen LogP contribution in [0, 0.1) is 5.92 Å². The van der Waals surface area contributed by atoms with Crippen molar-refractivity contribution in [2.24, 2.45) is 5.92 Å². The third-order valence-corrected chi connectivity index (χ3v) is 5.74. The lowest BCUT2D eigenvalue weighted by molar-refractivity contribution is -0.217. The molecule has 1 aromatic heterocycles. The number of carbonyl (C=O) groups excluding carboxylic acids is 2. The molecule has 0 spiro atoms. The van der Waals surface area contributed by atoms with Crippen LogP contribution < -0.4 is 10.6 Å². The van der Waals surface area contributed by atoms with Gasteiger partial charge in [0.25, 0.3) is 0 Å². The van der Waals surface area contributed by atoms with E-state index in [1.165, 1.54) is 6.07 Å². The van der Waals surface area contributed by atoms with E-state index in [0.717, 1.165) is 6.92 Å².